The number of halogens is 3. The summed E-state index contributed by atoms with van der Waals surface area (Å²) in [7, 11) is 3.75. The highest BCUT2D eigenvalue weighted by molar-refractivity contribution is 5.91. The fourth-order valence-corrected chi connectivity index (χ4v) is 3.97. The average molecular weight is 458 g/mol. The minimum atomic E-state index is -5.08. The van der Waals surface area contributed by atoms with Crippen molar-refractivity contribution in [2.45, 2.75) is 43.8 Å². The van der Waals surface area contributed by atoms with Crippen molar-refractivity contribution >= 4 is 11.9 Å². The number of nitrogens with zero attached hydrogens (tertiary/aromatic N) is 5. The summed E-state index contributed by atoms with van der Waals surface area (Å²) in [6.45, 7) is 2.37. The van der Waals surface area contributed by atoms with Gasteiger partial charge in [-0.1, -0.05) is 0 Å². The molecular weight excluding hydrogens is 433 g/mol. The third kappa shape index (κ3) is 5.65. The van der Waals surface area contributed by atoms with Crippen LogP contribution in [0.25, 0.3) is 0 Å². The second kappa shape index (κ2) is 9.69. The highest BCUT2D eigenvalue weighted by atomic mass is 19.4. The maximum atomic E-state index is 12.5. The van der Waals surface area contributed by atoms with Gasteiger partial charge in [0, 0.05) is 64.0 Å². The van der Waals surface area contributed by atoms with Crippen molar-refractivity contribution in [3.05, 3.63) is 36.2 Å². The van der Waals surface area contributed by atoms with Gasteiger partial charge in [-0.05, 0) is 12.8 Å². The number of aryl methyl sites for hydroxylation is 2. The lowest BCUT2D eigenvalue weighted by atomic mass is 10.0. The van der Waals surface area contributed by atoms with Crippen molar-refractivity contribution < 1.29 is 32.6 Å². The minimum Gasteiger partial charge on any atom is -0.475 e. The quantitative estimate of drug-likeness (QED) is 0.701. The van der Waals surface area contributed by atoms with E-state index in [0.29, 0.717) is 11.9 Å². The van der Waals surface area contributed by atoms with Crippen LogP contribution in [0, 0.1) is 0 Å². The Bertz CT molecular complexity index is 944. The summed E-state index contributed by atoms with van der Waals surface area (Å²) in [6.07, 6.45) is 4.47. The number of fused-ring (bicyclic) bond motifs is 1. The number of alkyl halides is 3. The molecule has 4 rings (SSSR count). The molecule has 0 spiro atoms. The predicted octanol–water partition coefficient (Wildman–Crippen LogP) is 0.949. The number of hydrogen-bond acceptors (Lipinski definition) is 6. The zero-order valence-corrected chi connectivity index (χ0v) is 17.6. The highest BCUT2D eigenvalue weighted by Crippen LogP contribution is 2.30. The Kier molecular flexibility index (Phi) is 7.19. The van der Waals surface area contributed by atoms with Crippen molar-refractivity contribution in [2.24, 2.45) is 14.1 Å². The van der Waals surface area contributed by atoms with E-state index < -0.39 is 12.1 Å². The van der Waals surface area contributed by atoms with Gasteiger partial charge in [0.15, 0.2) is 5.82 Å². The van der Waals surface area contributed by atoms with Gasteiger partial charge in [-0.3, -0.25) is 14.4 Å². The summed E-state index contributed by atoms with van der Waals surface area (Å²) in [5.41, 5.74) is 1.18. The minimum absolute atomic E-state index is 0.0221. The number of nitrogens with one attached hydrogen (secondary N) is 1. The van der Waals surface area contributed by atoms with E-state index in [-0.39, 0.29) is 18.1 Å². The van der Waals surface area contributed by atoms with Gasteiger partial charge in [-0.2, -0.15) is 18.3 Å². The molecule has 2 aromatic rings. The number of aliphatic carboxylic acids is 1. The normalized spacial score (nSPS) is 23.2. The molecule has 0 aliphatic carbocycles. The summed E-state index contributed by atoms with van der Waals surface area (Å²) in [5.74, 6) is -2.47. The number of hydrogen-bond donors (Lipinski definition) is 2. The third-order valence-corrected chi connectivity index (χ3v) is 5.36. The molecule has 0 bridgehead atoms. The van der Waals surface area contributed by atoms with Crippen LogP contribution in [0.1, 0.15) is 29.0 Å². The van der Waals surface area contributed by atoms with Gasteiger partial charge < -0.3 is 19.7 Å². The number of likely N-dealkylation sites (tertiary alicyclic amines) is 1. The Hall–Kier alpha value is -2.93. The molecule has 2 aliphatic rings. The molecule has 0 unspecified atom stereocenters. The average Bonchev–Trinajstić information content (AvgIpc) is 3.42. The van der Waals surface area contributed by atoms with E-state index in [9.17, 15) is 18.0 Å². The van der Waals surface area contributed by atoms with Crippen LogP contribution in [-0.2, 0) is 30.2 Å². The number of carboxylic acid groups (broad SMARTS) is 1. The van der Waals surface area contributed by atoms with Gasteiger partial charge in [-0.15, -0.1) is 0 Å². The van der Waals surface area contributed by atoms with Crippen LogP contribution < -0.4 is 5.32 Å². The Balaban J connectivity index is 0.000000360. The van der Waals surface area contributed by atoms with E-state index in [2.05, 4.69) is 20.3 Å². The summed E-state index contributed by atoms with van der Waals surface area (Å²) in [4.78, 5) is 28.0. The SMILES string of the molecule is Cn1cc(CN2C[C@@H](NC(=O)c3nccn3C)[C@H]3OCCC[C@H]32)cn1.O=C(O)C(F)(F)F. The second-order valence-electron chi connectivity index (χ2n) is 7.74. The first-order valence-corrected chi connectivity index (χ1v) is 9.97. The van der Waals surface area contributed by atoms with Crippen LogP contribution in [0.4, 0.5) is 13.2 Å². The van der Waals surface area contributed by atoms with Crippen molar-refractivity contribution in [2.75, 3.05) is 13.2 Å². The first kappa shape index (κ1) is 23.7. The van der Waals surface area contributed by atoms with Gasteiger partial charge in [0.05, 0.1) is 18.3 Å². The van der Waals surface area contributed by atoms with E-state index in [4.69, 9.17) is 14.6 Å². The molecule has 0 aromatic carbocycles. The van der Waals surface area contributed by atoms with Crippen LogP contribution in [0.3, 0.4) is 0 Å². The first-order valence-electron chi connectivity index (χ1n) is 9.97. The van der Waals surface area contributed by atoms with Gasteiger partial charge >= 0.3 is 12.1 Å². The Morgan fingerprint density at radius 2 is 2.06 bits per heavy atom. The summed E-state index contributed by atoms with van der Waals surface area (Å²) < 4.78 is 41.3. The monoisotopic (exact) mass is 458 g/mol. The molecule has 4 heterocycles. The molecule has 2 aromatic heterocycles. The molecule has 2 aliphatic heterocycles. The number of carbonyl (C=O) groups is 2. The smallest absolute Gasteiger partial charge is 0.475 e. The number of carbonyl (C=O) groups excluding carboxylic acids is 1. The van der Waals surface area contributed by atoms with Crippen molar-refractivity contribution in [1.29, 1.82) is 0 Å². The molecule has 2 N–H and O–H groups in total. The molecule has 0 saturated carbocycles. The molecule has 2 saturated heterocycles. The lowest BCUT2D eigenvalue weighted by Gasteiger charge is -2.32. The molecular formula is C19H25F3N6O4. The number of ether oxygens (including phenoxy) is 1. The summed E-state index contributed by atoms with van der Waals surface area (Å²) >= 11 is 0. The Morgan fingerprint density at radius 1 is 1.34 bits per heavy atom. The number of carboxylic acids is 1. The van der Waals surface area contributed by atoms with Crippen LogP contribution in [0.5, 0.6) is 0 Å². The Morgan fingerprint density at radius 3 is 2.62 bits per heavy atom. The standard InChI is InChI=1S/C17H24N6O2.C2HF3O2/c1-21-6-5-18-16(21)17(24)20-13-11-23(10-12-8-19-22(2)9-12)14-4-3-7-25-15(13)14;3-2(4,5)1(6)7/h5-6,8-9,13-15H,3-4,7,10-11H2,1-2H3,(H,20,24);(H,6,7)/t13-,14-,15-;/m1./s1. The zero-order chi connectivity index (χ0) is 23.5. The molecule has 10 nitrogen and oxygen atoms in total. The van der Waals surface area contributed by atoms with E-state index in [0.717, 1.165) is 32.5 Å². The topological polar surface area (TPSA) is 115 Å². The molecule has 3 atom stereocenters. The van der Waals surface area contributed by atoms with Crippen molar-refractivity contribution in [3.63, 3.8) is 0 Å². The van der Waals surface area contributed by atoms with E-state index in [1.807, 2.05) is 31.2 Å². The number of amides is 1. The molecule has 176 valence electrons. The van der Waals surface area contributed by atoms with E-state index in [1.54, 1.807) is 17.0 Å². The maximum Gasteiger partial charge on any atom is 0.490 e. The summed E-state index contributed by atoms with van der Waals surface area (Å²) in [6, 6.07) is 0.312. The lowest BCUT2D eigenvalue weighted by molar-refractivity contribution is -0.192. The highest BCUT2D eigenvalue weighted by Gasteiger charge is 2.44. The predicted molar refractivity (Wildman–Crippen MR) is 105 cm³/mol. The number of rotatable bonds is 4. The largest absolute Gasteiger partial charge is 0.490 e. The molecule has 1 amide bonds. The van der Waals surface area contributed by atoms with Gasteiger partial charge in [0.1, 0.15) is 0 Å². The number of aromatic nitrogens is 4. The van der Waals surface area contributed by atoms with Crippen LogP contribution in [0.15, 0.2) is 24.8 Å². The van der Waals surface area contributed by atoms with Gasteiger partial charge in [0.2, 0.25) is 0 Å². The Labute approximate surface area is 182 Å². The summed E-state index contributed by atoms with van der Waals surface area (Å²) in [5, 5.41) is 14.5. The van der Waals surface area contributed by atoms with Crippen molar-refractivity contribution in [3.8, 4) is 0 Å². The molecule has 13 heteroatoms. The number of imidazole rings is 1. The van der Waals surface area contributed by atoms with Crippen LogP contribution in [0.2, 0.25) is 0 Å². The second-order valence-corrected chi connectivity index (χ2v) is 7.74. The van der Waals surface area contributed by atoms with Gasteiger partial charge in [-0.25, -0.2) is 9.78 Å². The van der Waals surface area contributed by atoms with E-state index >= 15 is 0 Å². The first-order chi connectivity index (χ1) is 15.1. The lowest BCUT2D eigenvalue weighted by Crippen LogP contribution is -2.48. The molecule has 32 heavy (non-hydrogen) atoms. The fraction of sp³-hybridized carbons (Fsp3) is 0.579. The maximum absolute atomic E-state index is 12.5. The van der Waals surface area contributed by atoms with Crippen molar-refractivity contribution in [1.82, 2.24) is 29.5 Å². The van der Waals surface area contributed by atoms with Gasteiger partial charge in [0.25, 0.3) is 5.91 Å². The molecule has 0 radical (unpaired) electrons. The molecule has 2 fully saturated rings. The van der Waals surface area contributed by atoms with E-state index in [1.165, 1.54) is 5.56 Å². The van der Waals surface area contributed by atoms with Crippen LogP contribution >= 0.6 is 0 Å². The zero-order valence-electron chi connectivity index (χ0n) is 17.6. The fourth-order valence-electron chi connectivity index (χ4n) is 3.97. The van der Waals surface area contributed by atoms with Crippen LogP contribution in [-0.4, -0.2) is 78.7 Å². The third-order valence-electron chi connectivity index (χ3n) is 5.36.